The fourth-order valence-corrected chi connectivity index (χ4v) is 1.96. The zero-order valence-corrected chi connectivity index (χ0v) is 9.35. The van der Waals surface area contributed by atoms with Crippen molar-refractivity contribution in [2.24, 2.45) is 0 Å². The average molecular weight is 217 g/mol. The van der Waals surface area contributed by atoms with Crippen LogP contribution in [0.25, 0.3) is 11.2 Å². The van der Waals surface area contributed by atoms with Gasteiger partial charge in [-0.2, -0.15) is 0 Å². The second-order valence-electron chi connectivity index (χ2n) is 4.20. The van der Waals surface area contributed by atoms with Crippen LogP contribution in [0.3, 0.4) is 0 Å². The number of rotatable bonds is 3. The van der Waals surface area contributed by atoms with Gasteiger partial charge in [-0.25, -0.2) is 15.0 Å². The van der Waals surface area contributed by atoms with Gasteiger partial charge >= 0.3 is 0 Å². The molecule has 2 aromatic heterocycles. The number of hydrogen-bond donors (Lipinski definition) is 1. The van der Waals surface area contributed by atoms with E-state index in [1.807, 2.05) is 10.9 Å². The van der Waals surface area contributed by atoms with Gasteiger partial charge < -0.3 is 9.88 Å². The number of hydrogen-bond acceptors (Lipinski definition) is 4. The maximum absolute atomic E-state index is 4.38. The van der Waals surface area contributed by atoms with E-state index in [0.29, 0.717) is 6.04 Å². The highest BCUT2D eigenvalue weighted by molar-refractivity contribution is 5.82. The molecule has 0 bridgehead atoms. The van der Waals surface area contributed by atoms with E-state index in [4.69, 9.17) is 0 Å². The first kappa shape index (κ1) is 9.57. The van der Waals surface area contributed by atoms with Crippen molar-refractivity contribution in [1.29, 1.82) is 0 Å². The molecule has 84 valence electrons. The van der Waals surface area contributed by atoms with Crippen molar-refractivity contribution in [2.75, 3.05) is 5.32 Å². The summed E-state index contributed by atoms with van der Waals surface area (Å²) < 4.78 is 2.03. The first-order valence-electron chi connectivity index (χ1n) is 5.81. The smallest absolute Gasteiger partial charge is 0.165 e. The highest BCUT2D eigenvalue weighted by Gasteiger charge is 2.19. The van der Waals surface area contributed by atoms with Crippen LogP contribution in [0.1, 0.15) is 26.2 Å². The third-order valence-corrected chi connectivity index (χ3v) is 3.19. The van der Waals surface area contributed by atoms with Gasteiger partial charge in [0.25, 0.3) is 0 Å². The van der Waals surface area contributed by atoms with Gasteiger partial charge in [0.15, 0.2) is 11.5 Å². The summed E-state index contributed by atoms with van der Waals surface area (Å²) >= 11 is 0. The quantitative estimate of drug-likeness (QED) is 0.851. The van der Waals surface area contributed by atoms with Crippen molar-refractivity contribution in [3.63, 3.8) is 0 Å². The van der Waals surface area contributed by atoms with Gasteiger partial charge in [0.2, 0.25) is 0 Å². The van der Waals surface area contributed by atoms with Gasteiger partial charge in [0.05, 0.1) is 6.33 Å². The van der Waals surface area contributed by atoms with E-state index in [-0.39, 0.29) is 0 Å². The molecular formula is C11H15N5. The number of anilines is 1. The molecule has 0 unspecified atom stereocenters. The lowest BCUT2D eigenvalue weighted by atomic mass is 9.93. The lowest BCUT2D eigenvalue weighted by Gasteiger charge is -2.26. The molecule has 1 fully saturated rings. The molecule has 3 rings (SSSR count). The molecule has 16 heavy (non-hydrogen) atoms. The molecule has 0 radical (unpaired) electrons. The molecule has 2 aromatic rings. The van der Waals surface area contributed by atoms with E-state index in [1.54, 1.807) is 6.33 Å². The van der Waals surface area contributed by atoms with Crippen LogP contribution in [0.4, 0.5) is 5.82 Å². The number of nitrogens with one attached hydrogen (secondary N) is 1. The van der Waals surface area contributed by atoms with Crippen LogP contribution in [0.15, 0.2) is 12.7 Å². The van der Waals surface area contributed by atoms with Gasteiger partial charge in [-0.1, -0.05) is 0 Å². The Bertz CT molecular complexity index is 500. The summed E-state index contributed by atoms with van der Waals surface area (Å²) in [6.45, 7) is 2.97. The molecule has 1 N–H and O–H groups in total. The molecule has 2 heterocycles. The number of fused-ring (bicyclic) bond motifs is 1. The van der Waals surface area contributed by atoms with Crippen molar-refractivity contribution in [1.82, 2.24) is 19.5 Å². The predicted octanol–water partition coefficient (Wildman–Crippen LogP) is 1.81. The van der Waals surface area contributed by atoms with Crippen LogP contribution < -0.4 is 5.32 Å². The van der Waals surface area contributed by atoms with E-state index in [1.165, 1.54) is 19.3 Å². The Hall–Kier alpha value is -1.65. The Labute approximate surface area is 93.9 Å². The van der Waals surface area contributed by atoms with Gasteiger partial charge in [0.1, 0.15) is 11.8 Å². The monoisotopic (exact) mass is 217 g/mol. The lowest BCUT2D eigenvalue weighted by Crippen LogP contribution is -2.27. The zero-order valence-electron chi connectivity index (χ0n) is 9.35. The number of imidazole rings is 1. The summed E-state index contributed by atoms with van der Waals surface area (Å²) in [6, 6.07) is 0.574. The molecule has 1 saturated carbocycles. The van der Waals surface area contributed by atoms with E-state index in [0.717, 1.165) is 23.5 Å². The fourth-order valence-electron chi connectivity index (χ4n) is 1.96. The van der Waals surface area contributed by atoms with Crippen LogP contribution in [-0.4, -0.2) is 25.6 Å². The van der Waals surface area contributed by atoms with Crippen LogP contribution in [0.5, 0.6) is 0 Å². The third-order valence-electron chi connectivity index (χ3n) is 3.19. The third kappa shape index (κ3) is 1.43. The number of nitrogens with zero attached hydrogens (tertiary/aromatic N) is 4. The van der Waals surface area contributed by atoms with Crippen molar-refractivity contribution in [2.45, 2.75) is 38.8 Å². The van der Waals surface area contributed by atoms with Crippen molar-refractivity contribution >= 4 is 17.0 Å². The minimum absolute atomic E-state index is 0.574. The molecule has 0 amide bonds. The summed E-state index contributed by atoms with van der Waals surface area (Å²) in [5, 5.41) is 3.43. The summed E-state index contributed by atoms with van der Waals surface area (Å²) in [5.41, 5.74) is 1.80. The molecule has 0 saturated heterocycles. The molecule has 0 atom stereocenters. The van der Waals surface area contributed by atoms with Crippen molar-refractivity contribution in [3.05, 3.63) is 12.7 Å². The summed E-state index contributed by atoms with van der Waals surface area (Å²) in [4.78, 5) is 12.9. The second kappa shape index (κ2) is 3.73. The molecule has 5 heteroatoms. The Morgan fingerprint density at radius 2 is 2.25 bits per heavy atom. The number of aryl methyl sites for hydroxylation is 1. The van der Waals surface area contributed by atoms with E-state index in [2.05, 4.69) is 27.2 Å². The van der Waals surface area contributed by atoms with Gasteiger partial charge in [-0.05, 0) is 26.2 Å². The second-order valence-corrected chi connectivity index (χ2v) is 4.20. The molecule has 1 aliphatic rings. The molecule has 0 aromatic carbocycles. The highest BCUT2D eigenvalue weighted by Crippen LogP contribution is 2.25. The standard InChI is InChI=1S/C11H15N5/c1-2-16-7-14-9-10(12-6-13-11(9)16)15-8-4-3-5-8/h6-8H,2-5H2,1H3,(H,12,13,15). The predicted molar refractivity (Wildman–Crippen MR) is 62.3 cm³/mol. The van der Waals surface area contributed by atoms with Crippen LogP contribution in [-0.2, 0) is 6.54 Å². The maximum atomic E-state index is 4.38. The van der Waals surface area contributed by atoms with Crippen LogP contribution >= 0.6 is 0 Å². The molecular weight excluding hydrogens is 202 g/mol. The number of aromatic nitrogens is 4. The molecule has 0 spiro atoms. The van der Waals surface area contributed by atoms with E-state index >= 15 is 0 Å². The minimum Gasteiger partial charge on any atom is -0.365 e. The minimum atomic E-state index is 0.574. The highest BCUT2D eigenvalue weighted by atomic mass is 15.1. The Kier molecular flexibility index (Phi) is 2.23. The van der Waals surface area contributed by atoms with E-state index < -0.39 is 0 Å². The normalized spacial score (nSPS) is 16.3. The van der Waals surface area contributed by atoms with E-state index in [9.17, 15) is 0 Å². The van der Waals surface area contributed by atoms with Gasteiger partial charge in [-0.3, -0.25) is 0 Å². The van der Waals surface area contributed by atoms with Crippen LogP contribution in [0.2, 0.25) is 0 Å². The Balaban J connectivity index is 2.00. The first-order valence-corrected chi connectivity index (χ1v) is 5.81. The average Bonchev–Trinajstić information content (AvgIpc) is 2.67. The molecule has 1 aliphatic carbocycles. The van der Waals surface area contributed by atoms with Crippen molar-refractivity contribution < 1.29 is 0 Å². The molecule has 5 nitrogen and oxygen atoms in total. The Morgan fingerprint density at radius 1 is 1.38 bits per heavy atom. The zero-order chi connectivity index (χ0) is 11.0. The van der Waals surface area contributed by atoms with Crippen molar-refractivity contribution in [3.8, 4) is 0 Å². The van der Waals surface area contributed by atoms with Gasteiger partial charge in [0, 0.05) is 12.6 Å². The largest absolute Gasteiger partial charge is 0.365 e. The van der Waals surface area contributed by atoms with Crippen LogP contribution in [0, 0.1) is 0 Å². The SMILES string of the molecule is CCn1cnc2c(NC3CCC3)ncnc21. The fraction of sp³-hybridized carbons (Fsp3) is 0.545. The summed E-state index contributed by atoms with van der Waals surface area (Å²) in [7, 11) is 0. The Morgan fingerprint density at radius 3 is 2.94 bits per heavy atom. The lowest BCUT2D eigenvalue weighted by molar-refractivity contribution is 0.444. The topological polar surface area (TPSA) is 55.6 Å². The molecule has 0 aliphatic heterocycles. The van der Waals surface area contributed by atoms with Gasteiger partial charge in [-0.15, -0.1) is 0 Å². The first-order chi connectivity index (χ1) is 7.88. The summed E-state index contributed by atoms with van der Waals surface area (Å²) in [5.74, 6) is 0.877. The summed E-state index contributed by atoms with van der Waals surface area (Å²) in [6.07, 6.45) is 7.22. The maximum Gasteiger partial charge on any atom is 0.165 e.